The number of carboxylic acids is 1. The lowest BCUT2D eigenvalue weighted by atomic mass is 10.2. The summed E-state index contributed by atoms with van der Waals surface area (Å²) in [5.41, 5.74) is 0. The molecule has 67 valence electrons. The molecule has 1 radical (unpaired) electrons. The van der Waals surface area contributed by atoms with Crippen molar-refractivity contribution in [3.63, 3.8) is 0 Å². The Morgan fingerprint density at radius 3 is 3.08 bits per heavy atom. The van der Waals surface area contributed by atoms with Crippen LogP contribution in [0, 0.1) is 6.92 Å². The Bertz CT molecular complexity index is 191. The van der Waals surface area contributed by atoms with Gasteiger partial charge in [0.15, 0.2) is 0 Å². The molecule has 1 aliphatic heterocycles. The number of carbonyl (C=O) groups is 1. The third-order valence-electron chi connectivity index (χ3n) is 1.82. The van der Waals surface area contributed by atoms with Crippen molar-refractivity contribution in [2.24, 2.45) is 0 Å². The summed E-state index contributed by atoms with van der Waals surface area (Å²) in [5, 5.41) is 11.6. The summed E-state index contributed by atoms with van der Waals surface area (Å²) in [6.45, 7) is 5.63. The summed E-state index contributed by atoms with van der Waals surface area (Å²) in [6.07, 6.45) is 3.49. The van der Waals surface area contributed by atoms with E-state index in [9.17, 15) is 4.79 Å². The standard InChI is InChI=1S/C8H13N2O2/c1-2-4-10-5-3-9-7(6-10)8(11)12/h2,4,7,9H,1,3,5-6H2,(H,11,12)/t7-/m1/s1. The number of nitrogens with one attached hydrogen (secondary N) is 1. The van der Waals surface area contributed by atoms with E-state index < -0.39 is 12.0 Å². The molecule has 0 amide bonds. The van der Waals surface area contributed by atoms with Gasteiger partial charge in [0.1, 0.15) is 6.04 Å². The zero-order valence-corrected chi connectivity index (χ0v) is 6.86. The molecule has 1 fully saturated rings. The molecular formula is C8H13N2O2. The van der Waals surface area contributed by atoms with Crippen LogP contribution in [-0.2, 0) is 4.79 Å². The third kappa shape index (κ3) is 2.23. The second kappa shape index (κ2) is 4.11. The summed E-state index contributed by atoms with van der Waals surface area (Å²) >= 11 is 0. The summed E-state index contributed by atoms with van der Waals surface area (Å²) in [7, 11) is 0. The number of aliphatic carboxylic acids is 1. The quantitative estimate of drug-likeness (QED) is 0.595. The molecule has 1 heterocycles. The fourth-order valence-electron chi connectivity index (χ4n) is 1.22. The maximum Gasteiger partial charge on any atom is 0.322 e. The van der Waals surface area contributed by atoms with Gasteiger partial charge in [0.2, 0.25) is 0 Å². The Kier molecular flexibility index (Phi) is 3.10. The Morgan fingerprint density at radius 1 is 1.75 bits per heavy atom. The largest absolute Gasteiger partial charge is 0.480 e. The van der Waals surface area contributed by atoms with E-state index in [-0.39, 0.29) is 0 Å². The Labute approximate surface area is 71.9 Å². The van der Waals surface area contributed by atoms with Crippen molar-refractivity contribution in [2.75, 3.05) is 19.6 Å². The highest BCUT2D eigenvalue weighted by molar-refractivity contribution is 5.73. The average Bonchev–Trinajstić information content (AvgIpc) is 2.05. The first-order valence-corrected chi connectivity index (χ1v) is 3.90. The minimum Gasteiger partial charge on any atom is -0.480 e. The average molecular weight is 169 g/mol. The Hall–Kier alpha value is -1.03. The van der Waals surface area contributed by atoms with Crippen LogP contribution >= 0.6 is 0 Å². The van der Waals surface area contributed by atoms with Crippen LogP contribution in [0.2, 0.25) is 0 Å². The van der Waals surface area contributed by atoms with Crippen molar-refractivity contribution >= 4 is 5.97 Å². The van der Waals surface area contributed by atoms with E-state index in [0.29, 0.717) is 13.1 Å². The van der Waals surface area contributed by atoms with Crippen molar-refractivity contribution in [1.29, 1.82) is 0 Å². The molecule has 1 aliphatic rings. The minimum absolute atomic E-state index is 0.449. The molecule has 0 bridgehead atoms. The number of nitrogens with zero attached hydrogens (tertiary/aromatic N) is 1. The highest BCUT2D eigenvalue weighted by atomic mass is 16.4. The predicted octanol–water partition coefficient (Wildman–Crippen LogP) is -0.307. The molecule has 0 unspecified atom stereocenters. The van der Waals surface area contributed by atoms with Crippen LogP contribution in [0.3, 0.4) is 0 Å². The fraction of sp³-hybridized carbons (Fsp3) is 0.500. The maximum atomic E-state index is 10.6. The molecule has 1 atom stereocenters. The maximum absolute atomic E-state index is 10.6. The topological polar surface area (TPSA) is 52.6 Å². The normalized spacial score (nSPS) is 24.8. The summed E-state index contributed by atoms with van der Waals surface area (Å²) in [5.74, 6) is -0.794. The van der Waals surface area contributed by atoms with Gasteiger partial charge in [-0.25, -0.2) is 0 Å². The molecule has 0 aromatic rings. The molecule has 1 rings (SSSR count). The number of allylic oxidation sites excluding steroid dienone is 1. The molecule has 1 saturated heterocycles. The lowest BCUT2D eigenvalue weighted by molar-refractivity contribution is -0.140. The van der Waals surface area contributed by atoms with Gasteiger partial charge < -0.3 is 15.3 Å². The van der Waals surface area contributed by atoms with E-state index in [0.717, 1.165) is 6.54 Å². The molecule has 0 saturated carbocycles. The smallest absolute Gasteiger partial charge is 0.322 e. The van der Waals surface area contributed by atoms with Gasteiger partial charge in [-0.2, -0.15) is 0 Å². The Morgan fingerprint density at radius 2 is 2.50 bits per heavy atom. The van der Waals surface area contributed by atoms with E-state index in [2.05, 4.69) is 12.2 Å². The number of carboxylic acid groups (broad SMARTS) is 1. The zero-order chi connectivity index (χ0) is 8.97. The monoisotopic (exact) mass is 169 g/mol. The number of hydrogen-bond donors (Lipinski definition) is 2. The molecule has 12 heavy (non-hydrogen) atoms. The highest BCUT2D eigenvalue weighted by Gasteiger charge is 2.22. The van der Waals surface area contributed by atoms with Crippen LogP contribution < -0.4 is 5.32 Å². The lowest BCUT2D eigenvalue weighted by Gasteiger charge is -2.30. The zero-order valence-electron chi connectivity index (χ0n) is 6.86. The van der Waals surface area contributed by atoms with E-state index >= 15 is 0 Å². The first kappa shape index (κ1) is 9.06. The van der Waals surface area contributed by atoms with Crippen molar-refractivity contribution in [3.8, 4) is 0 Å². The number of rotatable bonds is 2. The van der Waals surface area contributed by atoms with Gasteiger partial charge in [-0.15, -0.1) is 0 Å². The van der Waals surface area contributed by atoms with Gasteiger partial charge in [-0.05, 0) is 13.1 Å². The van der Waals surface area contributed by atoms with Crippen molar-refractivity contribution in [3.05, 3.63) is 19.2 Å². The summed E-state index contributed by atoms with van der Waals surface area (Å²) in [6, 6.07) is -0.449. The van der Waals surface area contributed by atoms with Crippen LogP contribution in [0.1, 0.15) is 0 Å². The molecule has 0 aliphatic carbocycles. The van der Waals surface area contributed by atoms with Gasteiger partial charge >= 0.3 is 5.97 Å². The van der Waals surface area contributed by atoms with Crippen LogP contribution in [0.4, 0.5) is 0 Å². The van der Waals surface area contributed by atoms with E-state index in [1.807, 2.05) is 11.1 Å². The van der Waals surface area contributed by atoms with Gasteiger partial charge in [0, 0.05) is 19.6 Å². The first-order chi connectivity index (χ1) is 5.74. The second-order valence-corrected chi connectivity index (χ2v) is 2.72. The fourth-order valence-corrected chi connectivity index (χ4v) is 1.22. The lowest BCUT2D eigenvalue weighted by Crippen LogP contribution is -2.52. The van der Waals surface area contributed by atoms with Gasteiger partial charge in [-0.1, -0.05) is 6.08 Å². The van der Waals surface area contributed by atoms with Gasteiger partial charge in [0.25, 0.3) is 0 Å². The molecule has 0 spiro atoms. The van der Waals surface area contributed by atoms with Crippen molar-refractivity contribution < 1.29 is 9.90 Å². The second-order valence-electron chi connectivity index (χ2n) is 2.72. The number of piperazine rings is 1. The highest BCUT2D eigenvalue weighted by Crippen LogP contribution is 1.99. The molecule has 4 nitrogen and oxygen atoms in total. The molecule has 0 aromatic heterocycles. The van der Waals surface area contributed by atoms with E-state index in [1.54, 1.807) is 6.08 Å². The van der Waals surface area contributed by atoms with Crippen LogP contribution in [-0.4, -0.2) is 41.7 Å². The third-order valence-corrected chi connectivity index (χ3v) is 1.82. The molecular weight excluding hydrogens is 156 g/mol. The van der Waals surface area contributed by atoms with Gasteiger partial charge in [-0.3, -0.25) is 4.79 Å². The molecule has 4 heteroatoms. The number of hydrogen-bond acceptors (Lipinski definition) is 3. The van der Waals surface area contributed by atoms with Crippen LogP contribution in [0.25, 0.3) is 0 Å². The minimum atomic E-state index is -0.794. The van der Waals surface area contributed by atoms with Crippen molar-refractivity contribution in [2.45, 2.75) is 6.04 Å². The predicted molar refractivity (Wildman–Crippen MR) is 45.5 cm³/mol. The first-order valence-electron chi connectivity index (χ1n) is 3.90. The van der Waals surface area contributed by atoms with Gasteiger partial charge in [0.05, 0.1) is 0 Å². The Balaban J connectivity index is 2.45. The van der Waals surface area contributed by atoms with Crippen LogP contribution in [0.15, 0.2) is 12.3 Å². The summed E-state index contributed by atoms with van der Waals surface area (Å²) < 4.78 is 0. The molecule has 2 N–H and O–H groups in total. The molecule has 0 aromatic carbocycles. The van der Waals surface area contributed by atoms with Crippen molar-refractivity contribution in [1.82, 2.24) is 10.2 Å². The van der Waals surface area contributed by atoms with E-state index in [4.69, 9.17) is 5.11 Å². The SMILES string of the molecule is [CH2]C=CN1CCN[C@@H](C(=O)O)C1. The van der Waals surface area contributed by atoms with Crippen LogP contribution in [0.5, 0.6) is 0 Å². The van der Waals surface area contributed by atoms with E-state index in [1.165, 1.54) is 0 Å². The summed E-state index contributed by atoms with van der Waals surface area (Å²) in [4.78, 5) is 12.5.